The van der Waals surface area contributed by atoms with Gasteiger partial charge in [0.05, 0.1) is 12.5 Å². The van der Waals surface area contributed by atoms with Crippen molar-refractivity contribution in [1.82, 2.24) is 9.88 Å². The van der Waals surface area contributed by atoms with Gasteiger partial charge in [-0.15, -0.1) is 24.8 Å². The molecule has 0 aliphatic carbocycles. The maximum atomic E-state index is 11.7. The van der Waals surface area contributed by atoms with E-state index in [1.807, 2.05) is 12.1 Å². The van der Waals surface area contributed by atoms with E-state index < -0.39 is 0 Å². The van der Waals surface area contributed by atoms with E-state index in [4.69, 9.17) is 10.5 Å². The number of hydrogen-bond acceptors (Lipinski definition) is 3. The van der Waals surface area contributed by atoms with Crippen LogP contribution in [0.4, 0.5) is 0 Å². The Balaban J connectivity index is 0.00000242. The molecule has 0 radical (unpaired) electrons. The lowest BCUT2D eigenvalue weighted by Gasteiger charge is -2.12. The number of methoxy groups -OCH3 is 1. The molecule has 1 aromatic carbocycles. The number of para-hydroxylation sites is 1. The van der Waals surface area contributed by atoms with Crippen molar-refractivity contribution in [2.45, 2.75) is 25.5 Å². The second-order valence-electron chi connectivity index (χ2n) is 5.07. The van der Waals surface area contributed by atoms with Crippen LogP contribution in [0.2, 0.25) is 0 Å². The zero-order valence-corrected chi connectivity index (χ0v) is 14.9. The number of aryl methyl sites for hydroxylation is 1. The average molecular weight is 362 g/mol. The van der Waals surface area contributed by atoms with Gasteiger partial charge in [-0.3, -0.25) is 4.79 Å². The van der Waals surface area contributed by atoms with Gasteiger partial charge in [0.1, 0.15) is 0 Å². The fourth-order valence-corrected chi connectivity index (χ4v) is 2.35. The summed E-state index contributed by atoms with van der Waals surface area (Å²) in [4.78, 5) is 11.7. The molecule has 0 bridgehead atoms. The fraction of sp³-hybridized carbons (Fsp3) is 0.438. The Morgan fingerprint density at radius 2 is 2.04 bits per heavy atom. The highest BCUT2D eigenvalue weighted by Crippen LogP contribution is 2.15. The lowest BCUT2D eigenvalue weighted by Crippen LogP contribution is -2.32. The summed E-state index contributed by atoms with van der Waals surface area (Å²) in [5.41, 5.74) is 6.72. The summed E-state index contributed by atoms with van der Waals surface area (Å²) in [6.07, 6.45) is 3.10. The molecule has 0 spiro atoms. The van der Waals surface area contributed by atoms with Gasteiger partial charge in [-0.1, -0.05) is 18.2 Å². The first-order valence-electron chi connectivity index (χ1n) is 7.28. The van der Waals surface area contributed by atoms with Gasteiger partial charge in [0.2, 0.25) is 5.91 Å². The van der Waals surface area contributed by atoms with Crippen molar-refractivity contribution in [2.75, 3.05) is 20.2 Å². The van der Waals surface area contributed by atoms with Gasteiger partial charge >= 0.3 is 0 Å². The second kappa shape index (κ2) is 11.3. The third-order valence-corrected chi connectivity index (χ3v) is 3.59. The Labute approximate surface area is 149 Å². The van der Waals surface area contributed by atoms with Crippen molar-refractivity contribution in [3.8, 4) is 0 Å². The summed E-state index contributed by atoms with van der Waals surface area (Å²) in [5.74, 6) is -0.00957. The first kappa shape index (κ1) is 21.7. The monoisotopic (exact) mass is 361 g/mol. The van der Waals surface area contributed by atoms with Crippen LogP contribution in [-0.4, -0.2) is 36.8 Å². The van der Waals surface area contributed by atoms with Crippen LogP contribution < -0.4 is 11.1 Å². The number of halogens is 2. The normalized spacial score (nSPS) is 11.4. The lowest BCUT2D eigenvalue weighted by molar-refractivity contribution is -0.123. The maximum absolute atomic E-state index is 11.7. The zero-order valence-electron chi connectivity index (χ0n) is 13.2. The zero-order chi connectivity index (χ0) is 15.1. The van der Waals surface area contributed by atoms with Gasteiger partial charge in [0, 0.05) is 38.5 Å². The Hall–Kier alpha value is -1.27. The number of nitrogens with zero attached hydrogens (tertiary/aromatic N) is 1. The Bertz CT molecular complexity index is 585. The van der Waals surface area contributed by atoms with Gasteiger partial charge in [-0.05, 0) is 23.9 Å². The molecule has 0 aliphatic rings. The molecular weight excluding hydrogens is 337 g/mol. The predicted molar refractivity (Wildman–Crippen MR) is 98.5 cm³/mol. The maximum Gasteiger partial charge on any atom is 0.222 e. The summed E-state index contributed by atoms with van der Waals surface area (Å²) in [5, 5.41) is 4.15. The van der Waals surface area contributed by atoms with E-state index in [2.05, 4.69) is 34.3 Å². The quantitative estimate of drug-likeness (QED) is 0.709. The van der Waals surface area contributed by atoms with E-state index in [0.29, 0.717) is 19.5 Å². The number of nitrogens with two attached hydrogens (primary N) is 1. The van der Waals surface area contributed by atoms with Crippen LogP contribution in [0, 0.1) is 0 Å². The molecule has 5 nitrogen and oxygen atoms in total. The predicted octanol–water partition coefficient (Wildman–Crippen LogP) is 2.36. The molecule has 0 aliphatic heterocycles. The molecule has 0 saturated heterocycles. The molecule has 2 rings (SSSR count). The number of hydrogen-bond donors (Lipinski definition) is 2. The van der Waals surface area contributed by atoms with Crippen molar-refractivity contribution in [3.05, 3.63) is 36.5 Å². The lowest BCUT2D eigenvalue weighted by atomic mass is 10.2. The van der Waals surface area contributed by atoms with Gasteiger partial charge in [0.15, 0.2) is 0 Å². The van der Waals surface area contributed by atoms with Crippen LogP contribution in [0.5, 0.6) is 0 Å². The molecule has 3 N–H and O–H groups in total. The molecular formula is C16H25Cl2N3O2. The van der Waals surface area contributed by atoms with Crippen molar-refractivity contribution in [1.29, 1.82) is 0 Å². The minimum Gasteiger partial charge on any atom is -0.380 e. The van der Waals surface area contributed by atoms with Crippen LogP contribution in [-0.2, 0) is 16.1 Å². The number of amides is 1. The largest absolute Gasteiger partial charge is 0.380 e. The van der Waals surface area contributed by atoms with E-state index in [0.717, 1.165) is 13.0 Å². The third-order valence-electron chi connectivity index (χ3n) is 3.59. The molecule has 130 valence electrons. The summed E-state index contributed by atoms with van der Waals surface area (Å²) in [7, 11) is 1.57. The highest BCUT2D eigenvalue weighted by molar-refractivity contribution is 5.85. The van der Waals surface area contributed by atoms with Crippen molar-refractivity contribution >= 4 is 41.6 Å². The van der Waals surface area contributed by atoms with Gasteiger partial charge < -0.3 is 20.4 Å². The molecule has 0 fully saturated rings. The SMILES string of the molecule is COC(CN)CC(=O)NCCCn1ccc2ccccc21.Cl.Cl. The van der Waals surface area contributed by atoms with Gasteiger partial charge in [0.25, 0.3) is 0 Å². The Morgan fingerprint density at radius 1 is 1.30 bits per heavy atom. The number of fused-ring (bicyclic) bond motifs is 1. The molecule has 1 heterocycles. The van der Waals surface area contributed by atoms with Gasteiger partial charge in [-0.25, -0.2) is 0 Å². The number of rotatable bonds is 8. The van der Waals surface area contributed by atoms with Crippen LogP contribution >= 0.6 is 24.8 Å². The second-order valence-corrected chi connectivity index (χ2v) is 5.07. The van der Waals surface area contributed by atoms with Crippen LogP contribution in [0.15, 0.2) is 36.5 Å². The first-order valence-corrected chi connectivity index (χ1v) is 7.28. The molecule has 7 heteroatoms. The Morgan fingerprint density at radius 3 is 2.74 bits per heavy atom. The van der Waals surface area contributed by atoms with Crippen LogP contribution in [0.1, 0.15) is 12.8 Å². The standard InChI is InChI=1S/C16H23N3O2.2ClH/c1-21-14(12-17)11-16(20)18-8-4-9-19-10-7-13-5-2-3-6-15(13)19;;/h2-3,5-7,10,14H,4,8-9,11-12,17H2,1H3,(H,18,20);2*1H. The topological polar surface area (TPSA) is 69.3 Å². The molecule has 1 amide bonds. The van der Waals surface area contributed by atoms with E-state index in [9.17, 15) is 4.79 Å². The van der Waals surface area contributed by atoms with Crippen LogP contribution in [0.3, 0.4) is 0 Å². The third kappa shape index (κ3) is 6.39. The number of carbonyl (C=O) groups is 1. The number of benzene rings is 1. The molecule has 1 atom stereocenters. The highest BCUT2D eigenvalue weighted by atomic mass is 35.5. The molecule has 23 heavy (non-hydrogen) atoms. The summed E-state index contributed by atoms with van der Waals surface area (Å²) < 4.78 is 7.30. The number of aromatic nitrogens is 1. The molecule has 0 saturated carbocycles. The van der Waals surface area contributed by atoms with Crippen molar-refractivity contribution in [3.63, 3.8) is 0 Å². The fourth-order valence-electron chi connectivity index (χ4n) is 2.35. The highest BCUT2D eigenvalue weighted by Gasteiger charge is 2.10. The number of nitrogens with one attached hydrogen (secondary N) is 1. The van der Waals surface area contributed by atoms with Crippen molar-refractivity contribution in [2.24, 2.45) is 5.73 Å². The van der Waals surface area contributed by atoms with E-state index in [-0.39, 0.29) is 36.8 Å². The number of ether oxygens (including phenoxy) is 1. The van der Waals surface area contributed by atoms with Crippen LogP contribution in [0.25, 0.3) is 10.9 Å². The minimum absolute atomic E-state index is 0. The van der Waals surface area contributed by atoms with E-state index in [1.165, 1.54) is 10.9 Å². The van der Waals surface area contributed by atoms with E-state index in [1.54, 1.807) is 7.11 Å². The summed E-state index contributed by atoms with van der Waals surface area (Å²) in [6, 6.07) is 10.4. The Kier molecular flexibility index (Phi) is 10.7. The molecule has 1 aromatic heterocycles. The van der Waals surface area contributed by atoms with Crippen molar-refractivity contribution < 1.29 is 9.53 Å². The van der Waals surface area contributed by atoms with Gasteiger partial charge in [-0.2, -0.15) is 0 Å². The first-order chi connectivity index (χ1) is 10.2. The summed E-state index contributed by atoms with van der Waals surface area (Å²) >= 11 is 0. The smallest absolute Gasteiger partial charge is 0.222 e. The summed E-state index contributed by atoms with van der Waals surface area (Å²) in [6.45, 7) is 1.91. The van der Waals surface area contributed by atoms with E-state index >= 15 is 0 Å². The minimum atomic E-state index is -0.196. The average Bonchev–Trinajstić information content (AvgIpc) is 2.92. The number of carbonyl (C=O) groups excluding carboxylic acids is 1. The molecule has 1 unspecified atom stereocenters. The molecule has 2 aromatic rings.